The van der Waals surface area contributed by atoms with Crippen molar-refractivity contribution < 1.29 is 31.1 Å². The normalized spacial score (nSPS) is 12.3. The summed E-state index contributed by atoms with van der Waals surface area (Å²) in [6, 6.07) is 17.1. The molecule has 0 aliphatic heterocycles. The van der Waals surface area contributed by atoms with Crippen LogP contribution in [0.25, 0.3) is 11.3 Å². The lowest BCUT2D eigenvalue weighted by Crippen LogP contribution is -2.30. The Balaban J connectivity index is 0.00000506. The maximum Gasteiger partial charge on any atom is 0.416 e. The molecule has 0 amide bonds. The summed E-state index contributed by atoms with van der Waals surface area (Å²) in [5.41, 5.74) is 1.88. The van der Waals surface area contributed by atoms with E-state index in [1.807, 2.05) is 28.1 Å². The minimum absolute atomic E-state index is 0. The molecule has 0 fully saturated rings. The molecule has 232 valence electrons. The molecule has 0 spiro atoms. The van der Waals surface area contributed by atoms with Gasteiger partial charge in [-0.1, -0.05) is 38.1 Å². The van der Waals surface area contributed by atoms with Gasteiger partial charge in [-0.2, -0.15) is 17.5 Å². The largest absolute Gasteiger partial charge is 0.493 e. The van der Waals surface area contributed by atoms with Crippen molar-refractivity contribution in [1.29, 1.82) is 0 Å². The van der Waals surface area contributed by atoms with Crippen LogP contribution >= 0.6 is 28.3 Å². The van der Waals surface area contributed by atoms with Gasteiger partial charge in [-0.3, -0.25) is 0 Å². The quantitative estimate of drug-likeness (QED) is 0.164. The Labute approximate surface area is 264 Å². The zero-order chi connectivity index (χ0) is 30.5. The van der Waals surface area contributed by atoms with Crippen LogP contribution < -0.4 is 14.3 Å². The molecule has 0 saturated heterocycles. The van der Waals surface area contributed by atoms with Gasteiger partial charge in [0, 0.05) is 25.0 Å². The average molecular weight is 701 g/mol. The third-order valence-electron chi connectivity index (χ3n) is 6.76. The average Bonchev–Trinajstić information content (AvgIpc) is 3.38. The highest BCUT2D eigenvalue weighted by Gasteiger charge is 2.30. The predicted molar refractivity (Wildman–Crippen MR) is 168 cm³/mol. The Morgan fingerprint density at radius 1 is 0.930 bits per heavy atom. The molecule has 0 aliphatic carbocycles. The van der Waals surface area contributed by atoms with Crippen LogP contribution in [-0.2, 0) is 29.2 Å². The summed E-state index contributed by atoms with van der Waals surface area (Å²) in [7, 11) is -0.504. The van der Waals surface area contributed by atoms with Crippen molar-refractivity contribution in [3.63, 3.8) is 0 Å². The van der Waals surface area contributed by atoms with E-state index in [2.05, 4.69) is 4.99 Å². The maximum atomic E-state index is 13.3. The smallest absolute Gasteiger partial charge is 0.416 e. The van der Waals surface area contributed by atoms with Gasteiger partial charge in [-0.25, -0.2) is 13.4 Å². The van der Waals surface area contributed by atoms with Crippen LogP contribution in [0.3, 0.4) is 0 Å². The van der Waals surface area contributed by atoms with E-state index in [9.17, 15) is 21.6 Å². The molecule has 13 heteroatoms. The van der Waals surface area contributed by atoms with Crippen LogP contribution in [0, 0.1) is 0 Å². The van der Waals surface area contributed by atoms with Crippen molar-refractivity contribution in [3.8, 4) is 22.8 Å². The summed E-state index contributed by atoms with van der Waals surface area (Å²) in [6.45, 7) is 4.75. The molecule has 0 N–H and O–H groups in total. The van der Waals surface area contributed by atoms with Gasteiger partial charge in [0.15, 0.2) is 16.3 Å². The maximum absolute atomic E-state index is 13.3. The number of aromatic nitrogens is 1. The van der Waals surface area contributed by atoms with Gasteiger partial charge in [-0.05, 0) is 60.0 Å². The SMILES string of the molecule is Br.CCN(CC)S(=O)(=O)c1ccc(-c2csc(=Nc3cccc(C(F)(F)F)c3)n2CCc2ccc(OC)c(OC)c2)cc1. The Morgan fingerprint density at radius 2 is 1.60 bits per heavy atom. The van der Waals surface area contributed by atoms with Crippen molar-refractivity contribution in [1.82, 2.24) is 8.87 Å². The van der Waals surface area contributed by atoms with Crippen LogP contribution in [0.2, 0.25) is 0 Å². The highest BCUT2D eigenvalue weighted by atomic mass is 79.9. The van der Waals surface area contributed by atoms with Gasteiger partial charge in [0.05, 0.1) is 36.1 Å². The zero-order valence-corrected chi connectivity index (χ0v) is 27.4. The fourth-order valence-corrected chi connectivity index (χ4v) is 6.93. The molecular weight excluding hydrogens is 667 g/mol. The van der Waals surface area contributed by atoms with Crippen LogP contribution in [-0.4, -0.2) is 44.6 Å². The second-order valence-electron chi connectivity index (χ2n) is 9.27. The number of hydrogen-bond acceptors (Lipinski definition) is 6. The minimum atomic E-state index is -4.48. The molecule has 3 aromatic carbocycles. The first-order valence-corrected chi connectivity index (χ1v) is 15.6. The molecule has 1 aromatic heterocycles. The van der Waals surface area contributed by atoms with Crippen molar-refractivity contribution in [3.05, 3.63) is 88.0 Å². The summed E-state index contributed by atoms with van der Waals surface area (Å²) in [4.78, 5) is 5.27. The molecule has 0 unspecified atom stereocenters. The molecule has 4 aromatic rings. The number of benzene rings is 3. The fourth-order valence-electron chi connectivity index (χ4n) is 4.52. The molecular formula is C30H33BrF3N3O4S2. The lowest BCUT2D eigenvalue weighted by atomic mass is 10.1. The van der Waals surface area contributed by atoms with Crippen LogP contribution in [0.1, 0.15) is 25.0 Å². The van der Waals surface area contributed by atoms with Crippen molar-refractivity contribution >= 4 is 44.0 Å². The van der Waals surface area contributed by atoms with E-state index in [0.717, 1.165) is 29.0 Å². The monoisotopic (exact) mass is 699 g/mol. The molecule has 0 aliphatic rings. The van der Waals surface area contributed by atoms with Gasteiger partial charge < -0.3 is 14.0 Å². The molecule has 43 heavy (non-hydrogen) atoms. The summed E-state index contributed by atoms with van der Waals surface area (Å²) >= 11 is 1.29. The van der Waals surface area contributed by atoms with Crippen LogP contribution in [0.4, 0.5) is 18.9 Å². The number of sulfonamides is 1. The molecule has 4 rings (SSSR count). The highest BCUT2D eigenvalue weighted by Crippen LogP contribution is 2.32. The molecule has 7 nitrogen and oxygen atoms in total. The van der Waals surface area contributed by atoms with Crippen molar-refractivity contribution in [2.24, 2.45) is 4.99 Å². The van der Waals surface area contributed by atoms with E-state index >= 15 is 0 Å². The van der Waals surface area contributed by atoms with E-state index in [0.29, 0.717) is 42.4 Å². The summed E-state index contributed by atoms with van der Waals surface area (Å²) in [5, 5.41) is 1.87. The van der Waals surface area contributed by atoms with Gasteiger partial charge in [0.1, 0.15) is 0 Å². The molecule has 0 saturated carbocycles. The lowest BCUT2D eigenvalue weighted by Gasteiger charge is -2.18. The first kappa shape index (κ1) is 34.4. The summed E-state index contributed by atoms with van der Waals surface area (Å²) in [5.74, 6) is 1.19. The third kappa shape index (κ3) is 7.88. The van der Waals surface area contributed by atoms with Gasteiger partial charge in [0.25, 0.3) is 0 Å². The highest BCUT2D eigenvalue weighted by molar-refractivity contribution is 8.93. The van der Waals surface area contributed by atoms with Gasteiger partial charge >= 0.3 is 6.18 Å². The van der Waals surface area contributed by atoms with Gasteiger partial charge in [0.2, 0.25) is 10.0 Å². The number of aryl methyl sites for hydroxylation is 1. The zero-order valence-electron chi connectivity index (χ0n) is 24.1. The minimum Gasteiger partial charge on any atom is -0.493 e. The van der Waals surface area contributed by atoms with Crippen molar-refractivity contribution in [2.75, 3.05) is 27.3 Å². The van der Waals surface area contributed by atoms with E-state index in [1.165, 1.54) is 27.8 Å². The van der Waals surface area contributed by atoms with Crippen LogP contribution in [0.5, 0.6) is 11.5 Å². The Bertz CT molecular complexity index is 1700. The van der Waals surface area contributed by atoms with E-state index in [-0.39, 0.29) is 27.6 Å². The third-order valence-corrected chi connectivity index (χ3v) is 9.69. The number of alkyl halides is 3. The molecule has 0 bridgehead atoms. The number of thiazole rings is 1. The predicted octanol–water partition coefficient (Wildman–Crippen LogP) is 7.34. The van der Waals surface area contributed by atoms with E-state index < -0.39 is 21.8 Å². The van der Waals surface area contributed by atoms with E-state index in [4.69, 9.17) is 9.47 Å². The number of rotatable bonds is 11. The topological polar surface area (TPSA) is 73.1 Å². The molecule has 0 radical (unpaired) electrons. The second-order valence-corrected chi connectivity index (χ2v) is 12.0. The number of hydrogen-bond donors (Lipinski definition) is 0. The molecule has 1 heterocycles. The fraction of sp³-hybridized carbons (Fsp3) is 0.300. The Hall–Kier alpha value is -3.13. The van der Waals surface area contributed by atoms with E-state index in [1.54, 1.807) is 52.3 Å². The number of methoxy groups -OCH3 is 2. The summed E-state index contributed by atoms with van der Waals surface area (Å²) in [6.07, 6.45) is -3.92. The standard InChI is InChI=1S/C30H32F3N3O4S2.BrH/c1-5-35(6-2)42(37,38)25-13-11-22(12-14-25)26-20-41-29(34-24-9-7-8-23(19-24)30(31,32)33)36(26)17-16-21-10-15-27(39-3)28(18-21)40-4;/h7-15,18-20H,5-6,16-17H2,1-4H3;1H. The first-order chi connectivity index (χ1) is 20.0. The number of nitrogens with zero attached hydrogens (tertiary/aromatic N) is 3. The van der Waals surface area contributed by atoms with Crippen LogP contribution in [0.15, 0.2) is 82.0 Å². The first-order valence-electron chi connectivity index (χ1n) is 13.2. The van der Waals surface area contributed by atoms with Gasteiger partial charge in [-0.15, -0.1) is 28.3 Å². The summed E-state index contributed by atoms with van der Waals surface area (Å²) < 4.78 is 80.1. The lowest BCUT2D eigenvalue weighted by molar-refractivity contribution is -0.137. The number of halogens is 4. The second kappa shape index (κ2) is 14.6. The Kier molecular flexibility index (Phi) is 11.6. The number of ether oxygens (including phenoxy) is 2. The van der Waals surface area contributed by atoms with Crippen molar-refractivity contribution in [2.45, 2.75) is 37.9 Å². The molecule has 0 atom stereocenters. The Morgan fingerprint density at radius 3 is 2.21 bits per heavy atom.